The van der Waals surface area contributed by atoms with E-state index in [1.807, 2.05) is 6.92 Å². The lowest BCUT2D eigenvalue weighted by Crippen LogP contribution is -2.39. The summed E-state index contributed by atoms with van der Waals surface area (Å²) in [4.78, 5) is 11.4. The fourth-order valence-corrected chi connectivity index (χ4v) is 2.68. The van der Waals surface area contributed by atoms with Crippen molar-refractivity contribution in [2.24, 2.45) is 11.3 Å². The van der Waals surface area contributed by atoms with Crippen LogP contribution in [0.15, 0.2) is 0 Å². The van der Waals surface area contributed by atoms with E-state index < -0.39 is 11.4 Å². The van der Waals surface area contributed by atoms with Crippen LogP contribution in [0.2, 0.25) is 0 Å². The Hall–Kier alpha value is -0.610. The second-order valence-electron chi connectivity index (χ2n) is 4.66. The Morgan fingerprint density at radius 2 is 2.33 bits per heavy atom. The summed E-state index contributed by atoms with van der Waals surface area (Å²) in [5.74, 6) is -0.315. The summed E-state index contributed by atoms with van der Waals surface area (Å²) in [5.41, 5.74) is -0.668. The number of hydrogen-bond acceptors (Lipinski definition) is 3. The van der Waals surface area contributed by atoms with Gasteiger partial charge in [0.2, 0.25) is 0 Å². The van der Waals surface area contributed by atoms with E-state index in [2.05, 4.69) is 0 Å². The van der Waals surface area contributed by atoms with Crippen LogP contribution in [-0.4, -0.2) is 37.0 Å². The van der Waals surface area contributed by atoms with Crippen LogP contribution in [0.25, 0.3) is 0 Å². The number of ether oxygens (including phenoxy) is 2. The molecule has 86 valence electrons. The number of carboxylic acids is 1. The van der Waals surface area contributed by atoms with Crippen LogP contribution >= 0.6 is 0 Å². The second-order valence-corrected chi connectivity index (χ2v) is 4.66. The molecular formula is C11H18O4. The van der Waals surface area contributed by atoms with Crippen LogP contribution in [-0.2, 0) is 14.3 Å². The smallest absolute Gasteiger partial charge is 0.312 e. The molecule has 0 spiro atoms. The molecule has 4 heteroatoms. The molecule has 0 radical (unpaired) electrons. The summed E-state index contributed by atoms with van der Waals surface area (Å²) in [6, 6.07) is 0. The third-order valence-corrected chi connectivity index (χ3v) is 3.80. The first-order valence-corrected chi connectivity index (χ1v) is 5.58. The van der Waals surface area contributed by atoms with Crippen LogP contribution in [0.4, 0.5) is 0 Å². The quantitative estimate of drug-likeness (QED) is 0.769. The highest BCUT2D eigenvalue weighted by Gasteiger charge is 2.49. The molecule has 0 aromatic carbocycles. The van der Waals surface area contributed by atoms with Crippen molar-refractivity contribution < 1.29 is 19.4 Å². The minimum absolute atomic E-state index is 0.171. The zero-order valence-electron chi connectivity index (χ0n) is 9.07. The molecule has 0 amide bonds. The van der Waals surface area contributed by atoms with E-state index in [-0.39, 0.29) is 6.10 Å². The Bertz CT molecular complexity index is 247. The molecule has 4 nitrogen and oxygen atoms in total. The van der Waals surface area contributed by atoms with Crippen LogP contribution in [0.1, 0.15) is 26.2 Å². The van der Waals surface area contributed by atoms with Gasteiger partial charge in [0.05, 0.1) is 11.5 Å². The first-order valence-electron chi connectivity index (χ1n) is 5.58. The summed E-state index contributed by atoms with van der Waals surface area (Å²) in [5, 5.41) is 9.37. The standard InChI is InChI=1S/C11H18O4/c1-8-11(10(12)13,3-5-15-8)6-9-2-4-14-7-9/h8-9H,2-7H2,1H3,(H,12,13). The topological polar surface area (TPSA) is 55.8 Å². The summed E-state index contributed by atoms with van der Waals surface area (Å²) in [6.07, 6.45) is 2.15. The zero-order chi connectivity index (χ0) is 10.9. The van der Waals surface area contributed by atoms with Gasteiger partial charge in [0, 0.05) is 19.8 Å². The molecule has 0 aromatic heterocycles. The van der Waals surface area contributed by atoms with Gasteiger partial charge in [0.1, 0.15) is 0 Å². The maximum atomic E-state index is 11.4. The van der Waals surface area contributed by atoms with Gasteiger partial charge < -0.3 is 14.6 Å². The van der Waals surface area contributed by atoms with Crippen molar-refractivity contribution in [3.05, 3.63) is 0 Å². The Labute approximate surface area is 89.6 Å². The maximum Gasteiger partial charge on any atom is 0.312 e. The third kappa shape index (κ3) is 1.88. The molecule has 3 atom stereocenters. The SMILES string of the molecule is CC1OCCC1(CC1CCOC1)C(=O)O. The molecule has 0 aromatic rings. The number of hydrogen-bond donors (Lipinski definition) is 1. The van der Waals surface area contributed by atoms with Gasteiger partial charge in [0.25, 0.3) is 0 Å². The third-order valence-electron chi connectivity index (χ3n) is 3.80. The lowest BCUT2D eigenvalue weighted by atomic mass is 9.74. The Morgan fingerprint density at radius 3 is 2.80 bits per heavy atom. The van der Waals surface area contributed by atoms with Crippen molar-refractivity contribution in [2.45, 2.75) is 32.3 Å². The first kappa shape index (κ1) is 10.9. The maximum absolute atomic E-state index is 11.4. The van der Waals surface area contributed by atoms with E-state index in [1.165, 1.54) is 0 Å². The van der Waals surface area contributed by atoms with Gasteiger partial charge in [-0.15, -0.1) is 0 Å². The van der Waals surface area contributed by atoms with Crippen molar-refractivity contribution in [1.29, 1.82) is 0 Å². The first-order chi connectivity index (χ1) is 7.15. The van der Waals surface area contributed by atoms with Crippen LogP contribution in [0.5, 0.6) is 0 Å². The largest absolute Gasteiger partial charge is 0.481 e. The van der Waals surface area contributed by atoms with Gasteiger partial charge in [-0.3, -0.25) is 4.79 Å². The van der Waals surface area contributed by atoms with Crippen molar-refractivity contribution in [3.8, 4) is 0 Å². The zero-order valence-corrected chi connectivity index (χ0v) is 9.07. The fourth-order valence-electron chi connectivity index (χ4n) is 2.68. The van der Waals surface area contributed by atoms with E-state index in [0.29, 0.717) is 32.0 Å². The van der Waals surface area contributed by atoms with Crippen LogP contribution in [0, 0.1) is 11.3 Å². The minimum Gasteiger partial charge on any atom is -0.481 e. The molecule has 2 aliphatic rings. The summed E-state index contributed by atoms with van der Waals surface area (Å²) < 4.78 is 10.7. The van der Waals surface area contributed by atoms with Crippen molar-refractivity contribution >= 4 is 5.97 Å². The molecule has 1 N–H and O–H groups in total. The van der Waals surface area contributed by atoms with E-state index >= 15 is 0 Å². The Balaban J connectivity index is 2.08. The number of carboxylic acid groups (broad SMARTS) is 1. The van der Waals surface area contributed by atoms with Gasteiger partial charge in [-0.1, -0.05) is 0 Å². The molecule has 2 heterocycles. The van der Waals surface area contributed by atoms with Crippen LogP contribution < -0.4 is 0 Å². The second kappa shape index (κ2) is 4.10. The van der Waals surface area contributed by atoms with Crippen molar-refractivity contribution in [2.75, 3.05) is 19.8 Å². The van der Waals surface area contributed by atoms with Gasteiger partial charge in [0.15, 0.2) is 0 Å². The lowest BCUT2D eigenvalue weighted by Gasteiger charge is -2.29. The predicted molar refractivity (Wildman–Crippen MR) is 53.6 cm³/mol. The number of carbonyl (C=O) groups is 1. The highest BCUT2D eigenvalue weighted by molar-refractivity contribution is 5.75. The Morgan fingerprint density at radius 1 is 1.53 bits per heavy atom. The van der Waals surface area contributed by atoms with Gasteiger partial charge in [-0.05, 0) is 32.1 Å². The summed E-state index contributed by atoms with van der Waals surface area (Å²) in [6.45, 7) is 3.93. The van der Waals surface area contributed by atoms with Crippen molar-refractivity contribution in [3.63, 3.8) is 0 Å². The van der Waals surface area contributed by atoms with E-state index in [4.69, 9.17) is 9.47 Å². The van der Waals surface area contributed by atoms with Gasteiger partial charge in [-0.2, -0.15) is 0 Å². The van der Waals surface area contributed by atoms with E-state index in [0.717, 1.165) is 13.0 Å². The molecule has 2 fully saturated rings. The highest BCUT2D eigenvalue weighted by Crippen LogP contribution is 2.42. The molecule has 0 saturated carbocycles. The molecular weight excluding hydrogens is 196 g/mol. The average molecular weight is 214 g/mol. The van der Waals surface area contributed by atoms with Gasteiger partial charge >= 0.3 is 5.97 Å². The lowest BCUT2D eigenvalue weighted by molar-refractivity contribution is -0.153. The molecule has 0 bridgehead atoms. The van der Waals surface area contributed by atoms with E-state index in [1.54, 1.807) is 0 Å². The molecule has 2 saturated heterocycles. The monoisotopic (exact) mass is 214 g/mol. The van der Waals surface area contributed by atoms with Gasteiger partial charge in [-0.25, -0.2) is 0 Å². The molecule has 3 unspecified atom stereocenters. The molecule has 2 aliphatic heterocycles. The normalized spacial score (nSPS) is 40.9. The fraction of sp³-hybridized carbons (Fsp3) is 0.909. The summed E-state index contributed by atoms with van der Waals surface area (Å²) >= 11 is 0. The van der Waals surface area contributed by atoms with Crippen molar-refractivity contribution in [1.82, 2.24) is 0 Å². The number of rotatable bonds is 3. The highest BCUT2D eigenvalue weighted by atomic mass is 16.5. The molecule has 2 rings (SSSR count). The summed E-state index contributed by atoms with van der Waals surface area (Å²) in [7, 11) is 0. The molecule has 15 heavy (non-hydrogen) atoms. The average Bonchev–Trinajstić information content (AvgIpc) is 2.78. The van der Waals surface area contributed by atoms with E-state index in [9.17, 15) is 9.90 Å². The Kier molecular flexibility index (Phi) is 2.98. The molecule has 0 aliphatic carbocycles. The number of aliphatic carboxylic acids is 1. The van der Waals surface area contributed by atoms with Crippen LogP contribution in [0.3, 0.4) is 0 Å². The minimum atomic E-state index is -0.709. The predicted octanol–water partition coefficient (Wildman–Crippen LogP) is 1.29.